The van der Waals surface area contributed by atoms with Crippen molar-refractivity contribution in [3.05, 3.63) is 64.2 Å². The highest BCUT2D eigenvalue weighted by molar-refractivity contribution is 5.62. The minimum atomic E-state index is -0.152. The number of aryl methyl sites for hydroxylation is 1. The van der Waals surface area contributed by atoms with Gasteiger partial charge in [0.1, 0.15) is 0 Å². The third-order valence-corrected chi connectivity index (χ3v) is 6.53. The van der Waals surface area contributed by atoms with Gasteiger partial charge in [0.05, 0.1) is 11.4 Å². The van der Waals surface area contributed by atoms with E-state index in [1.54, 1.807) is 6.07 Å². The number of nitrogens with zero attached hydrogens (tertiary/aromatic N) is 6. The Bertz CT molecular complexity index is 1130. The fraction of sp³-hybridized carbons (Fsp3) is 0.440. The summed E-state index contributed by atoms with van der Waals surface area (Å²) in [6, 6.07) is 12.1. The van der Waals surface area contributed by atoms with Gasteiger partial charge in [-0.15, -0.1) is 0 Å². The van der Waals surface area contributed by atoms with Crippen LogP contribution in [0, 0.1) is 6.92 Å². The highest BCUT2D eigenvalue weighted by atomic mass is 16.1. The molecule has 0 atom stereocenters. The standard InChI is InChI=1S/C25H31N7O/c1-19-21(17-26-24(27-19)31-10-6-3-7-11-31)22-16-23(33)29-25(28-22)32-14-12-30(13-15-32)18-20-8-4-2-5-9-20/h2,4-5,8-9,16-17H,3,6-7,10-15,18H2,1H3,(H,28,29,33). The number of hydrogen-bond acceptors (Lipinski definition) is 7. The first-order chi connectivity index (χ1) is 16.2. The summed E-state index contributed by atoms with van der Waals surface area (Å²) in [6.45, 7) is 8.41. The zero-order valence-electron chi connectivity index (χ0n) is 19.2. The Labute approximate surface area is 194 Å². The molecule has 0 bridgehead atoms. The highest BCUT2D eigenvalue weighted by Crippen LogP contribution is 2.23. The van der Waals surface area contributed by atoms with Crippen LogP contribution in [0.25, 0.3) is 11.3 Å². The first kappa shape index (κ1) is 21.6. The molecule has 8 nitrogen and oxygen atoms in total. The first-order valence-corrected chi connectivity index (χ1v) is 11.9. The number of piperidine rings is 1. The number of benzene rings is 1. The van der Waals surface area contributed by atoms with Crippen LogP contribution in [-0.4, -0.2) is 64.1 Å². The Kier molecular flexibility index (Phi) is 6.35. The van der Waals surface area contributed by atoms with Crippen LogP contribution < -0.4 is 15.4 Å². The summed E-state index contributed by atoms with van der Waals surface area (Å²) >= 11 is 0. The van der Waals surface area contributed by atoms with E-state index in [0.29, 0.717) is 11.6 Å². The van der Waals surface area contributed by atoms with Gasteiger partial charge in [0.25, 0.3) is 5.56 Å². The molecule has 2 aromatic heterocycles. The summed E-state index contributed by atoms with van der Waals surface area (Å²) in [5.41, 5.74) is 3.46. The van der Waals surface area contributed by atoms with Crippen molar-refractivity contribution in [3.8, 4) is 11.3 Å². The van der Waals surface area contributed by atoms with Gasteiger partial charge >= 0.3 is 0 Å². The highest BCUT2D eigenvalue weighted by Gasteiger charge is 2.21. The van der Waals surface area contributed by atoms with Crippen molar-refractivity contribution in [2.24, 2.45) is 0 Å². The molecule has 3 aromatic rings. The Morgan fingerprint density at radius 3 is 2.39 bits per heavy atom. The largest absolute Gasteiger partial charge is 0.341 e. The third-order valence-electron chi connectivity index (χ3n) is 6.53. The predicted molar refractivity (Wildman–Crippen MR) is 131 cm³/mol. The summed E-state index contributed by atoms with van der Waals surface area (Å²) in [5, 5.41) is 0. The SMILES string of the molecule is Cc1nc(N2CCCCC2)ncc1-c1cc(=O)[nH]c(N2CCN(Cc3ccccc3)CC2)n1. The molecule has 33 heavy (non-hydrogen) atoms. The van der Waals surface area contributed by atoms with Gasteiger partial charge in [-0.05, 0) is 31.7 Å². The average molecular weight is 446 g/mol. The van der Waals surface area contributed by atoms with E-state index in [9.17, 15) is 4.79 Å². The van der Waals surface area contributed by atoms with E-state index in [0.717, 1.165) is 63.0 Å². The molecule has 0 amide bonds. The van der Waals surface area contributed by atoms with Gasteiger partial charge in [-0.3, -0.25) is 14.7 Å². The second-order valence-corrected chi connectivity index (χ2v) is 8.92. The number of hydrogen-bond donors (Lipinski definition) is 1. The lowest BCUT2D eigenvalue weighted by atomic mass is 10.1. The van der Waals surface area contributed by atoms with Crippen molar-refractivity contribution in [3.63, 3.8) is 0 Å². The Morgan fingerprint density at radius 1 is 0.909 bits per heavy atom. The maximum atomic E-state index is 12.5. The molecule has 0 aliphatic carbocycles. The number of rotatable bonds is 5. The molecule has 0 radical (unpaired) electrons. The molecule has 4 heterocycles. The summed E-state index contributed by atoms with van der Waals surface area (Å²) in [6.07, 6.45) is 5.45. The summed E-state index contributed by atoms with van der Waals surface area (Å²) in [7, 11) is 0. The van der Waals surface area contributed by atoms with Gasteiger partial charge in [-0.1, -0.05) is 30.3 Å². The summed E-state index contributed by atoms with van der Waals surface area (Å²) in [4.78, 5) is 36.4. The molecule has 0 spiro atoms. The van der Waals surface area contributed by atoms with Crippen LogP contribution in [0.4, 0.5) is 11.9 Å². The zero-order chi connectivity index (χ0) is 22.6. The van der Waals surface area contributed by atoms with E-state index in [-0.39, 0.29) is 5.56 Å². The molecule has 1 aromatic carbocycles. The maximum absolute atomic E-state index is 12.5. The summed E-state index contributed by atoms with van der Waals surface area (Å²) < 4.78 is 0. The predicted octanol–water partition coefficient (Wildman–Crippen LogP) is 2.85. The number of H-pyrrole nitrogens is 1. The van der Waals surface area contributed by atoms with Crippen molar-refractivity contribution < 1.29 is 0 Å². The van der Waals surface area contributed by atoms with E-state index in [1.165, 1.54) is 24.8 Å². The Hall–Kier alpha value is -3.26. The maximum Gasteiger partial charge on any atom is 0.252 e. The minimum absolute atomic E-state index is 0.152. The number of anilines is 2. The van der Waals surface area contributed by atoms with Gasteiger partial charge in [0.2, 0.25) is 11.9 Å². The van der Waals surface area contributed by atoms with Crippen molar-refractivity contribution in [2.45, 2.75) is 32.7 Å². The topological polar surface area (TPSA) is 81.2 Å². The lowest BCUT2D eigenvalue weighted by Crippen LogP contribution is -2.47. The van der Waals surface area contributed by atoms with Gasteiger partial charge in [-0.2, -0.15) is 0 Å². The zero-order valence-corrected chi connectivity index (χ0v) is 19.2. The smallest absolute Gasteiger partial charge is 0.252 e. The Balaban J connectivity index is 1.30. The van der Waals surface area contributed by atoms with Crippen LogP contribution in [0.15, 0.2) is 47.4 Å². The monoisotopic (exact) mass is 445 g/mol. The van der Waals surface area contributed by atoms with E-state index in [2.05, 4.69) is 48.9 Å². The lowest BCUT2D eigenvalue weighted by Gasteiger charge is -2.35. The molecule has 2 aliphatic heterocycles. The van der Waals surface area contributed by atoms with E-state index < -0.39 is 0 Å². The molecule has 0 saturated carbocycles. The van der Waals surface area contributed by atoms with Crippen LogP contribution in [0.5, 0.6) is 0 Å². The van der Waals surface area contributed by atoms with Crippen molar-refractivity contribution in [2.75, 3.05) is 49.1 Å². The van der Waals surface area contributed by atoms with Crippen LogP contribution >= 0.6 is 0 Å². The molecule has 0 unspecified atom stereocenters. The average Bonchev–Trinajstić information content (AvgIpc) is 2.85. The normalized spacial score (nSPS) is 17.4. The quantitative estimate of drug-likeness (QED) is 0.647. The third kappa shape index (κ3) is 5.06. The van der Waals surface area contributed by atoms with Gasteiger partial charge < -0.3 is 9.80 Å². The molecule has 8 heteroatoms. The molecule has 2 saturated heterocycles. The molecular weight excluding hydrogens is 414 g/mol. The molecule has 5 rings (SSSR count). The second-order valence-electron chi connectivity index (χ2n) is 8.92. The number of piperazine rings is 1. The summed E-state index contributed by atoms with van der Waals surface area (Å²) in [5.74, 6) is 1.40. The van der Waals surface area contributed by atoms with Crippen molar-refractivity contribution >= 4 is 11.9 Å². The number of aromatic amines is 1. The van der Waals surface area contributed by atoms with Gasteiger partial charge in [0, 0.05) is 63.6 Å². The van der Waals surface area contributed by atoms with E-state index in [4.69, 9.17) is 9.97 Å². The Morgan fingerprint density at radius 2 is 1.67 bits per heavy atom. The second kappa shape index (κ2) is 9.70. The fourth-order valence-electron chi connectivity index (χ4n) is 4.64. The lowest BCUT2D eigenvalue weighted by molar-refractivity contribution is 0.248. The molecular formula is C25H31N7O. The molecule has 1 N–H and O–H groups in total. The van der Waals surface area contributed by atoms with Crippen LogP contribution in [0.2, 0.25) is 0 Å². The molecule has 2 aliphatic rings. The van der Waals surface area contributed by atoms with Crippen LogP contribution in [-0.2, 0) is 6.54 Å². The van der Waals surface area contributed by atoms with Crippen LogP contribution in [0.1, 0.15) is 30.5 Å². The van der Waals surface area contributed by atoms with Gasteiger partial charge in [-0.25, -0.2) is 15.0 Å². The van der Waals surface area contributed by atoms with Gasteiger partial charge in [0.15, 0.2) is 0 Å². The molecule has 2 fully saturated rings. The number of nitrogens with one attached hydrogen (secondary N) is 1. The van der Waals surface area contributed by atoms with E-state index in [1.807, 2.05) is 19.2 Å². The minimum Gasteiger partial charge on any atom is -0.341 e. The van der Waals surface area contributed by atoms with Crippen LogP contribution in [0.3, 0.4) is 0 Å². The first-order valence-electron chi connectivity index (χ1n) is 11.9. The van der Waals surface area contributed by atoms with Crippen molar-refractivity contribution in [1.82, 2.24) is 24.8 Å². The fourth-order valence-corrected chi connectivity index (χ4v) is 4.64. The van der Waals surface area contributed by atoms with E-state index >= 15 is 0 Å². The molecule has 172 valence electrons. The number of aromatic nitrogens is 4. The van der Waals surface area contributed by atoms with Crippen molar-refractivity contribution in [1.29, 1.82) is 0 Å².